The molecule has 0 amide bonds. The Labute approximate surface area is 169 Å². The van der Waals surface area contributed by atoms with Gasteiger partial charge in [0.05, 0.1) is 9.79 Å². The average molecular weight is 401 g/mol. The molecule has 0 aliphatic carbocycles. The topological polar surface area (TPSA) is 9.23 Å². The van der Waals surface area contributed by atoms with Crippen molar-refractivity contribution in [1.82, 2.24) is 0 Å². The van der Waals surface area contributed by atoms with E-state index in [1.807, 2.05) is 18.2 Å². The molecule has 0 atom stereocenters. The predicted octanol–water partition coefficient (Wildman–Crippen LogP) is 6.30. The van der Waals surface area contributed by atoms with Crippen LogP contribution < -0.4 is 4.74 Å². The van der Waals surface area contributed by atoms with Crippen LogP contribution in [0, 0.1) is 0 Å². The third-order valence-corrected chi connectivity index (χ3v) is 6.84. The first-order chi connectivity index (χ1) is 11.9. The highest BCUT2D eigenvalue weighted by molar-refractivity contribution is 7.84. The van der Waals surface area contributed by atoms with E-state index in [4.69, 9.17) is 4.74 Å². The first kappa shape index (κ1) is 17.3. The van der Waals surface area contributed by atoms with Crippen molar-refractivity contribution in [2.75, 3.05) is 0 Å². The molecule has 1 aliphatic rings. The van der Waals surface area contributed by atoms with Gasteiger partial charge in [-0.1, -0.05) is 42.5 Å². The van der Waals surface area contributed by atoms with Crippen molar-refractivity contribution < 1.29 is 4.74 Å². The minimum absolute atomic E-state index is 0.387. The lowest BCUT2D eigenvalue weighted by Crippen LogP contribution is -2.29. The fourth-order valence-electron chi connectivity index (χ4n) is 3.45. The van der Waals surface area contributed by atoms with E-state index in [1.165, 1.54) is 5.56 Å². The summed E-state index contributed by atoms with van der Waals surface area (Å²) in [5, 5.41) is 0. The van der Waals surface area contributed by atoms with Gasteiger partial charge in [-0.2, -0.15) is 0 Å². The van der Waals surface area contributed by atoms with Crippen LogP contribution in [0.2, 0.25) is 0 Å². The van der Waals surface area contributed by atoms with Crippen LogP contribution in [0.15, 0.2) is 74.2 Å². The molecule has 0 fully saturated rings. The second kappa shape index (κ2) is 6.23. The van der Waals surface area contributed by atoms with Crippen molar-refractivity contribution in [2.24, 2.45) is 0 Å². The summed E-state index contributed by atoms with van der Waals surface area (Å²) in [5.74, 6) is 1.45. The molecule has 4 rings (SSSR count). The van der Waals surface area contributed by atoms with Crippen molar-refractivity contribution >= 4 is 50.5 Å². The normalized spacial score (nSPS) is 14.4. The Kier molecular flexibility index (Phi) is 4.31. The number of benzene rings is 3. The van der Waals surface area contributed by atoms with Crippen molar-refractivity contribution in [2.45, 2.75) is 31.9 Å². The molecule has 0 spiro atoms. The molecule has 3 aromatic carbocycles. The lowest BCUT2D eigenvalue weighted by Gasteiger charge is -2.39. The quantitative estimate of drug-likeness (QED) is 0.351. The van der Waals surface area contributed by atoms with Crippen molar-refractivity contribution in [3.8, 4) is 11.5 Å². The smallest absolute Gasteiger partial charge is 0.146 e. The number of hydrogen-bond acceptors (Lipinski definition) is 5. The van der Waals surface area contributed by atoms with Crippen LogP contribution in [0.5, 0.6) is 11.5 Å². The SMILES string of the molecule is CC1(c2ccccc2)c2ccc(S)c(S)c2Oc2c1ccc(S)c2S. The summed E-state index contributed by atoms with van der Waals surface area (Å²) >= 11 is 18.3. The van der Waals surface area contributed by atoms with E-state index in [0.717, 1.165) is 42.2 Å². The predicted molar refractivity (Wildman–Crippen MR) is 114 cm³/mol. The first-order valence-electron chi connectivity index (χ1n) is 7.78. The van der Waals surface area contributed by atoms with Gasteiger partial charge in [-0.3, -0.25) is 0 Å². The van der Waals surface area contributed by atoms with Gasteiger partial charge in [0.25, 0.3) is 0 Å². The van der Waals surface area contributed by atoms with E-state index in [9.17, 15) is 0 Å². The molecule has 0 saturated carbocycles. The summed E-state index contributed by atoms with van der Waals surface area (Å²) < 4.78 is 6.27. The van der Waals surface area contributed by atoms with E-state index in [2.05, 4.69) is 93.8 Å². The van der Waals surface area contributed by atoms with Crippen molar-refractivity contribution in [1.29, 1.82) is 0 Å². The van der Waals surface area contributed by atoms with Crippen LogP contribution in [0.1, 0.15) is 23.6 Å². The summed E-state index contributed by atoms with van der Waals surface area (Å²) in [7, 11) is 0. The van der Waals surface area contributed by atoms with Gasteiger partial charge >= 0.3 is 0 Å². The third kappa shape index (κ3) is 2.52. The lowest BCUT2D eigenvalue weighted by atomic mass is 9.69. The summed E-state index contributed by atoms with van der Waals surface area (Å²) in [5.41, 5.74) is 2.92. The van der Waals surface area contributed by atoms with E-state index >= 15 is 0 Å². The highest BCUT2D eigenvalue weighted by Gasteiger charge is 2.41. The van der Waals surface area contributed by atoms with Gasteiger partial charge < -0.3 is 4.74 Å². The van der Waals surface area contributed by atoms with Gasteiger partial charge in [0.2, 0.25) is 0 Å². The Bertz CT molecular complexity index is 925. The van der Waals surface area contributed by atoms with E-state index in [-0.39, 0.29) is 5.41 Å². The summed E-state index contributed by atoms with van der Waals surface area (Å²) in [6.07, 6.45) is 0. The molecular formula is C20H16OS4. The molecule has 0 bridgehead atoms. The van der Waals surface area contributed by atoms with Gasteiger partial charge in [0.15, 0.2) is 0 Å². The van der Waals surface area contributed by atoms with Crippen LogP contribution in [-0.4, -0.2) is 0 Å². The van der Waals surface area contributed by atoms with Crippen LogP contribution >= 0.6 is 50.5 Å². The number of hydrogen-bond donors (Lipinski definition) is 4. The Morgan fingerprint density at radius 1 is 0.680 bits per heavy atom. The monoisotopic (exact) mass is 400 g/mol. The highest BCUT2D eigenvalue weighted by Crippen LogP contribution is 2.56. The summed E-state index contributed by atoms with van der Waals surface area (Å²) in [6.45, 7) is 2.21. The van der Waals surface area contributed by atoms with Gasteiger partial charge in [-0.15, -0.1) is 50.5 Å². The molecule has 0 radical (unpaired) electrons. The van der Waals surface area contributed by atoms with Gasteiger partial charge in [-0.05, 0) is 24.6 Å². The molecule has 0 unspecified atom stereocenters. The van der Waals surface area contributed by atoms with Gasteiger partial charge in [-0.25, -0.2) is 0 Å². The van der Waals surface area contributed by atoms with Crippen LogP contribution in [0.3, 0.4) is 0 Å². The zero-order valence-electron chi connectivity index (χ0n) is 13.4. The van der Waals surface area contributed by atoms with E-state index in [0.29, 0.717) is 0 Å². The number of thiol groups is 4. The molecule has 0 N–H and O–H groups in total. The number of rotatable bonds is 1. The van der Waals surface area contributed by atoms with E-state index in [1.54, 1.807) is 0 Å². The lowest BCUT2D eigenvalue weighted by molar-refractivity contribution is 0.403. The van der Waals surface area contributed by atoms with Crippen molar-refractivity contribution in [3.63, 3.8) is 0 Å². The Morgan fingerprint density at radius 2 is 1.16 bits per heavy atom. The largest absolute Gasteiger partial charge is 0.454 e. The van der Waals surface area contributed by atoms with Gasteiger partial charge in [0.1, 0.15) is 11.5 Å². The third-order valence-electron chi connectivity index (χ3n) is 4.85. The molecule has 126 valence electrons. The molecular weight excluding hydrogens is 384 g/mol. The summed E-state index contributed by atoms with van der Waals surface area (Å²) in [6, 6.07) is 18.5. The van der Waals surface area contributed by atoms with Gasteiger partial charge in [0, 0.05) is 26.3 Å². The first-order valence-corrected chi connectivity index (χ1v) is 9.57. The van der Waals surface area contributed by atoms with Crippen molar-refractivity contribution in [3.05, 3.63) is 71.3 Å². The number of fused-ring (bicyclic) bond motifs is 2. The molecule has 1 heterocycles. The zero-order chi connectivity index (χ0) is 17.8. The molecule has 1 nitrogen and oxygen atoms in total. The van der Waals surface area contributed by atoms with Crippen LogP contribution in [0.25, 0.3) is 0 Å². The zero-order valence-corrected chi connectivity index (χ0v) is 17.0. The standard InChI is InChI=1S/C20H16OS4/c1-20(11-5-3-2-4-6-11)12-7-9-14(22)18(24)16(12)21-17-13(20)8-10-15(23)19(17)25/h2-10,22-25H,1H3. The Morgan fingerprint density at radius 3 is 1.64 bits per heavy atom. The summed E-state index contributed by atoms with van der Waals surface area (Å²) in [4.78, 5) is 3.02. The minimum Gasteiger partial charge on any atom is -0.454 e. The maximum Gasteiger partial charge on any atom is 0.146 e. The molecule has 1 aliphatic heterocycles. The second-order valence-corrected chi connectivity index (χ2v) is 8.07. The van der Waals surface area contributed by atoms with Crippen LogP contribution in [0.4, 0.5) is 0 Å². The molecule has 3 aromatic rings. The molecule has 0 saturated heterocycles. The van der Waals surface area contributed by atoms with E-state index < -0.39 is 0 Å². The fraction of sp³-hybridized carbons (Fsp3) is 0.100. The fourth-order valence-corrected chi connectivity index (χ4v) is 4.28. The molecule has 25 heavy (non-hydrogen) atoms. The molecule has 5 heteroatoms. The second-order valence-electron chi connectivity index (χ2n) is 6.21. The Hall–Kier alpha value is -1.14. The molecule has 0 aromatic heterocycles. The Balaban J connectivity index is 2.12. The maximum atomic E-state index is 6.27. The number of ether oxygens (including phenoxy) is 1. The maximum absolute atomic E-state index is 6.27. The highest BCUT2D eigenvalue weighted by atomic mass is 32.1. The average Bonchev–Trinajstić information content (AvgIpc) is 2.63. The minimum atomic E-state index is -0.387. The van der Waals surface area contributed by atoms with Crippen LogP contribution in [-0.2, 0) is 5.41 Å².